The Morgan fingerprint density at radius 2 is 1.57 bits per heavy atom. The summed E-state index contributed by atoms with van der Waals surface area (Å²) < 4.78 is 5.72. The number of rotatable bonds is 3. The molecule has 1 aromatic heterocycles. The molecule has 0 saturated heterocycles. The van der Waals surface area contributed by atoms with Gasteiger partial charge in [-0.1, -0.05) is 68.9 Å². The topological polar surface area (TPSA) is 59.2 Å². The maximum Gasteiger partial charge on any atom is 0.277 e. The third-order valence-electron chi connectivity index (χ3n) is 4.75. The largest absolute Gasteiger partial charge is 0.415 e. The molecule has 1 aliphatic rings. The highest BCUT2D eigenvalue weighted by Gasteiger charge is 2.27. The van der Waals surface area contributed by atoms with Gasteiger partial charge in [0.15, 0.2) is 0 Å². The number of aromatic nitrogens is 2. The number of thioether (sulfide) groups is 1. The molecule has 28 heavy (non-hydrogen) atoms. The predicted octanol–water partition coefficient (Wildman–Crippen LogP) is 4.92. The van der Waals surface area contributed by atoms with Gasteiger partial charge in [-0.25, -0.2) is 0 Å². The van der Waals surface area contributed by atoms with Gasteiger partial charge in [-0.05, 0) is 36.1 Å². The van der Waals surface area contributed by atoms with E-state index in [0.29, 0.717) is 11.1 Å². The molecule has 6 heteroatoms. The van der Waals surface area contributed by atoms with Crippen molar-refractivity contribution in [3.05, 3.63) is 65.5 Å². The van der Waals surface area contributed by atoms with E-state index in [9.17, 15) is 4.79 Å². The Balaban J connectivity index is 1.61. The van der Waals surface area contributed by atoms with Crippen LogP contribution in [0.1, 0.15) is 37.8 Å². The molecule has 1 aliphatic heterocycles. The number of hydrogen-bond donors (Lipinski definition) is 0. The van der Waals surface area contributed by atoms with Crippen molar-refractivity contribution in [2.24, 2.45) is 0 Å². The Labute approximate surface area is 169 Å². The standard InChI is InChI=1S/C22H23N3O2S/c1-22(2,3)20-23-24-21(27-20)28-14-19(26)25-17-10-6-4-8-15(17)12-13-16-9-5-7-11-18(16)25/h4-11H,12-14H2,1-3H3. The van der Waals surface area contributed by atoms with E-state index in [1.165, 1.54) is 22.9 Å². The lowest BCUT2D eigenvalue weighted by Crippen LogP contribution is -2.28. The Morgan fingerprint density at radius 3 is 2.11 bits per heavy atom. The predicted molar refractivity (Wildman–Crippen MR) is 111 cm³/mol. The van der Waals surface area contributed by atoms with Gasteiger partial charge in [0.2, 0.25) is 11.8 Å². The molecule has 3 aromatic rings. The van der Waals surface area contributed by atoms with E-state index in [-0.39, 0.29) is 17.1 Å². The van der Waals surface area contributed by atoms with Crippen LogP contribution in [0.2, 0.25) is 0 Å². The number of hydrogen-bond acceptors (Lipinski definition) is 5. The van der Waals surface area contributed by atoms with Crippen LogP contribution in [-0.4, -0.2) is 21.9 Å². The van der Waals surface area contributed by atoms with Crippen LogP contribution in [0.4, 0.5) is 11.4 Å². The van der Waals surface area contributed by atoms with Crippen LogP contribution in [-0.2, 0) is 23.1 Å². The molecular formula is C22H23N3O2S. The summed E-state index contributed by atoms with van der Waals surface area (Å²) in [7, 11) is 0. The second-order valence-corrected chi connectivity index (χ2v) is 8.82. The molecule has 0 fully saturated rings. The highest BCUT2D eigenvalue weighted by Crippen LogP contribution is 2.36. The lowest BCUT2D eigenvalue weighted by Gasteiger charge is -2.24. The van der Waals surface area contributed by atoms with Gasteiger partial charge < -0.3 is 4.42 Å². The number of amides is 1. The summed E-state index contributed by atoms with van der Waals surface area (Å²) in [5.74, 6) is 0.810. The number of anilines is 2. The summed E-state index contributed by atoms with van der Waals surface area (Å²) in [5, 5.41) is 8.61. The van der Waals surface area contributed by atoms with Gasteiger partial charge in [0.1, 0.15) is 0 Å². The first-order valence-corrected chi connectivity index (χ1v) is 10.4. The third kappa shape index (κ3) is 3.69. The van der Waals surface area contributed by atoms with E-state index in [1.54, 1.807) is 0 Å². The maximum absolute atomic E-state index is 13.3. The number of carbonyl (C=O) groups excluding carboxylic acids is 1. The van der Waals surface area contributed by atoms with Crippen molar-refractivity contribution in [2.75, 3.05) is 10.7 Å². The van der Waals surface area contributed by atoms with Crippen LogP contribution in [0, 0.1) is 0 Å². The zero-order chi connectivity index (χ0) is 19.7. The SMILES string of the molecule is CC(C)(C)c1nnc(SCC(=O)N2c3ccccc3CCc3ccccc32)o1. The van der Waals surface area contributed by atoms with Crippen molar-refractivity contribution in [3.8, 4) is 0 Å². The fourth-order valence-corrected chi connectivity index (χ4v) is 3.92. The van der Waals surface area contributed by atoms with E-state index < -0.39 is 0 Å². The van der Waals surface area contributed by atoms with Gasteiger partial charge in [-0.3, -0.25) is 9.69 Å². The van der Waals surface area contributed by atoms with Gasteiger partial charge in [0, 0.05) is 5.41 Å². The first-order chi connectivity index (χ1) is 13.4. The van der Waals surface area contributed by atoms with E-state index in [1.807, 2.05) is 62.1 Å². The molecule has 4 rings (SSSR count). The summed E-state index contributed by atoms with van der Waals surface area (Å²) in [6.45, 7) is 6.06. The number of para-hydroxylation sites is 2. The smallest absolute Gasteiger partial charge is 0.277 e. The molecule has 0 radical (unpaired) electrons. The summed E-state index contributed by atoms with van der Waals surface area (Å²) in [5.41, 5.74) is 4.08. The van der Waals surface area contributed by atoms with Crippen molar-refractivity contribution in [1.29, 1.82) is 0 Å². The van der Waals surface area contributed by atoms with Crippen LogP contribution in [0.5, 0.6) is 0 Å². The highest BCUT2D eigenvalue weighted by molar-refractivity contribution is 7.99. The molecule has 144 valence electrons. The van der Waals surface area contributed by atoms with Gasteiger partial charge in [-0.15, -0.1) is 10.2 Å². The molecule has 0 N–H and O–H groups in total. The molecule has 1 amide bonds. The molecule has 0 atom stereocenters. The number of carbonyl (C=O) groups is 1. The minimum Gasteiger partial charge on any atom is -0.415 e. The average molecular weight is 394 g/mol. The van der Waals surface area contributed by atoms with Gasteiger partial charge in [-0.2, -0.15) is 0 Å². The first-order valence-electron chi connectivity index (χ1n) is 9.39. The average Bonchev–Trinajstić information content (AvgIpc) is 3.10. The van der Waals surface area contributed by atoms with Crippen molar-refractivity contribution in [3.63, 3.8) is 0 Å². The zero-order valence-electron chi connectivity index (χ0n) is 16.3. The van der Waals surface area contributed by atoms with Crippen molar-refractivity contribution < 1.29 is 9.21 Å². The number of aryl methyl sites for hydroxylation is 2. The van der Waals surface area contributed by atoms with Crippen LogP contribution in [0.25, 0.3) is 0 Å². The second kappa shape index (κ2) is 7.43. The quantitative estimate of drug-likeness (QED) is 0.591. The molecule has 5 nitrogen and oxygen atoms in total. The van der Waals surface area contributed by atoms with E-state index in [0.717, 1.165) is 24.2 Å². The minimum atomic E-state index is -0.210. The van der Waals surface area contributed by atoms with Crippen LogP contribution >= 0.6 is 11.8 Å². The highest BCUT2D eigenvalue weighted by atomic mass is 32.2. The summed E-state index contributed by atoms with van der Waals surface area (Å²) >= 11 is 1.28. The fourth-order valence-electron chi connectivity index (χ4n) is 3.31. The molecular weight excluding hydrogens is 370 g/mol. The van der Waals surface area contributed by atoms with E-state index in [2.05, 4.69) is 22.3 Å². The fraction of sp³-hybridized carbons (Fsp3) is 0.318. The number of fused-ring (bicyclic) bond motifs is 2. The number of benzene rings is 2. The molecule has 2 aromatic carbocycles. The van der Waals surface area contributed by atoms with Crippen molar-refractivity contribution in [2.45, 2.75) is 44.3 Å². The summed E-state index contributed by atoms with van der Waals surface area (Å²) in [6, 6.07) is 16.2. The minimum absolute atomic E-state index is 0.00214. The Bertz CT molecular complexity index is 959. The van der Waals surface area contributed by atoms with Crippen molar-refractivity contribution >= 4 is 29.0 Å². The third-order valence-corrected chi connectivity index (χ3v) is 5.55. The van der Waals surface area contributed by atoms with E-state index >= 15 is 0 Å². The molecule has 2 heterocycles. The van der Waals surface area contributed by atoms with Gasteiger partial charge >= 0.3 is 0 Å². The number of nitrogens with zero attached hydrogens (tertiary/aromatic N) is 3. The second-order valence-electron chi connectivity index (χ2n) is 7.90. The lowest BCUT2D eigenvalue weighted by molar-refractivity contribution is -0.115. The van der Waals surface area contributed by atoms with Crippen LogP contribution in [0.3, 0.4) is 0 Å². The first kappa shape index (κ1) is 18.7. The molecule has 0 unspecified atom stereocenters. The Morgan fingerprint density at radius 1 is 1.00 bits per heavy atom. The van der Waals surface area contributed by atoms with E-state index in [4.69, 9.17) is 4.42 Å². The van der Waals surface area contributed by atoms with Crippen molar-refractivity contribution in [1.82, 2.24) is 10.2 Å². The van der Waals surface area contributed by atoms with Gasteiger partial charge in [0.05, 0.1) is 17.1 Å². The van der Waals surface area contributed by atoms with Crippen LogP contribution in [0.15, 0.2) is 58.2 Å². The Hall–Kier alpha value is -2.60. The molecule has 0 bridgehead atoms. The molecule has 0 saturated carbocycles. The summed E-state index contributed by atoms with van der Waals surface area (Å²) in [6.07, 6.45) is 1.84. The van der Waals surface area contributed by atoms with Gasteiger partial charge in [0.25, 0.3) is 5.22 Å². The lowest BCUT2D eigenvalue weighted by atomic mass is 9.97. The monoisotopic (exact) mass is 393 g/mol. The summed E-state index contributed by atoms with van der Waals surface area (Å²) in [4.78, 5) is 15.1. The van der Waals surface area contributed by atoms with Crippen LogP contribution < -0.4 is 4.90 Å². The Kier molecular flexibility index (Phi) is 4.98. The normalized spacial score (nSPS) is 13.6. The zero-order valence-corrected chi connectivity index (χ0v) is 17.1. The molecule has 0 aliphatic carbocycles. The maximum atomic E-state index is 13.3. The molecule has 0 spiro atoms.